The van der Waals surface area contributed by atoms with Crippen LogP contribution >= 0.6 is 0 Å². The van der Waals surface area contributed by atoms with Crippen LogP contribution < -0.4 is 0 Å². The van der Waals surface area contributed by atoms with Crippen LogP contribution in [0.15, 0.2) is 0 Å². The van der Waals surface area contributed by atoms with Crippen LogP contribution in [0.3, 0.4) is 0 Å². The van der Waals surface area contributed by atoms with E-state index >= 15 is 0 Å². The van der Waals surface area contributed by atoms with Gasteiger partial charge in [-0.1, -0.05) is 0 Å². The molecule has 0 unspecified atom stereocenters. The molecule has 0 aromatic heterocycles. The summed E-state index contributed by atoms with van der Waals surface area (Å²) in [5, 5.41) is 0. The van der Waals surface area contributed by atoms with Gasteiger partial charge in [-0.3, -0.25) is 0 Å². The van der Waals surface area contributed by atoms with E-state index in [1.165, 1.54) is 8.11 Å². The van der Waals surface area contributed by atoms with Crippen LogP contribution in [0.25, 0.3) is 0 Å². The summed E-state index contributed by atoms with van der Waals surface area (Å²) in [5.74, 6) is 0. The van der Waals surface area contributed by atoms with Crippen molar-refractivity contribution in [1.82, 2.24) is 0 Å². The van der Waals surface area contributed by atoms with Gasteiger partial charge in [0.2, 0.25) is 0 Å². The van der Waals surface area contributed by atoms with Crippen LogP contribution in [0.4, 0.5) is 0 Å². The number of hydrogen-bond donors (Lipinski definition) is 0. The molecule has 0 fully saturated rings. The molecule has 0 spiro atoms. The Balaban J connectivity index is -0.000000000833. The van der Waals surface area contributed by atoms with Gasteiger partial charge in [0.1, 0.15) is 0 Å². The number of rotatable bonds is 0. The molecule has 0 saturated heterocycles. The predicted molar refractivity (Wildman–Crippen MR) is 37.0 cm³/mol. The van der Waals surface area contributed by atoms with Crippen molar-refractivity contribution in [2.45, 2.75) is 0 Å². The summed E-state index contributed by atoms with van der Waals surface area (Å²) in [6.07, 6.45) is 0. The van der Waals surface area contributed by atoms with Crippen LogP contribution in [0.2, 0.25) is 0 Å². The first-order valence-corrected chi connectivity index (χ1v) is 6.18. The molecule has 0 aliphatic rings. The maximum absolute atomic E-state index is 2.14. The zero-order valence-electron chi connectivity index (χ0n) is 2.08. The summed E-state index contributed by atoms with van der Waals surface area (Å²) < 4.78 is 0. The van der Waals surface area contributed by atoms with Gasteiger partial charge >= 0.3 is 96.3 Å². The summed E-state index contributed by atoms with van der Waals surface area (Å²) in [6, 6.07) is 0. The van der Waals surface area contributed by atoms with Gasteiger partial charge in [0, 0.05) is 25.8 Å². The third-order valence-electron chi connectivity index (χ3n) is 0. The average Bonchev–Trinajstić information content (AvgIpc) is 1.00. The van der Waals surface area contributed by atoms with E-state index < -0.39 is 0 Å². The summed E-state index contributed by atoms with van der Waals surface area (Å²) in [6.45, 7) is 0. The molecule has 1 radical (unpaired) electrons. The van der Waals surface area contributed by atoms with E-state index in [4.69, 9.17) is 0 Å². The standard InChI is InChI=1S/Al.Mg.Sc.H3Si.Sr.Ti.7H/h;;;1H3;;;;;;;;;. The van der Waals surface area contributed by atoms with Gasteiger partial charge in [-0.05, 0) is 0 Å². The second kappa shape index (κ2) is 33.6. The maximum atomic E-state index is 2.14. The second-order valence-corrected chi connectivity index (χ2v) is 0. The quantitative estimate of drug-likeness (QED) is 0.392. The van der Waals surface area contributed by atoms with E-state index in [1.54, 1.807) is 0 Å². The van der Waals surface area contributed by atoms with Crippen LogP contribution in [0.1, 0.15) is 0 Å². The minimum atomic E-state index is 0. The molecule has 0 amide bonds. The molecule has 0 bridgehead atoms. The van der Waals surface area contributed by atoms with E-state index in [0.29, 0.717) is 0 Å². The van der Waals surface area contributed by atoms with Gasteiger partial charge < -0.3 is 0 Å². The molecule has 0 N–H and O–H groups in total. The van der Waals surface area contributed by atoms with Crippen LogP contribution in [-0.2, 0) is 45.5 Å². The first-order valence-electron chi connectivity index (χ1n) is 0.500. The Bertz CT molecular complexity index is 15.5. The Kier molecular flexibility index (Phi) is 175. The molecule has 0 heterocycles. The summed E-state index contributed by atoms with van der Waals surface area (Å²) in [7, 11) is 1.31. The van der Waals surface area contributed by atoms with Gasteiger partial charge in [0.25, 0.3) is 0 Å². The molecule has 28 valence electrons. The SMILES string of the molecule is [AlH3].[MgH2].[Sc].[SiH3][Ti].[SrH2]. The molecular formula is H10AlMgScSiSrTi. The first-order chi connectivity index (χ1) is 1.00. The molecule has 0 nitrogen and oxygen atoms in total. The molecule has 6 heteroatoms. The van der Waals surface area contributed by atoms with E-state index in [2.05, 4.69) is 19.7 Å². The second-order valence-electron chi connectivity index (χ2n) is 0. The Morgan fingerprint density at radius 2 is 1.17 bits per heavy atom. The zero-order valence-corrected chi connectivity index (χ0v) is 7.44. The molecule has 0 rings (SSSR count). The van der Waals surface area contributed by atoms with Gasteiger partial charge in [0.05, 0.1) is 0 Å². The Morgan fingerprint density at radius 3 is 1.17 bits per heavy atom. The summed E-state index contributed by atoms with van der Waals surface area (Å²) in [4.78, 5) is 0. The molecule has 0 saturated carbocycles. The van der Waals surface area contributed by atoms with E-state index in [9.17, 15) is 0 Å². The van der Waals surface area contributed by atoms with Crippen molar-refractivity contribution in [3.8, 4) is 0 Å². The zero-order chi connectivity index (χ0) is 2.00. The van der Waals surface area contributed by atoms with Gasteiger partial charge in [-0.2, -0.15) is 0 Å². The summed E-state index contributed by atoms with van der Waals surface area (Å²) in [5.41, 5.74) is 0. The van der Waals surface area contributed by atoms with Crippen LogP contribution in [0.5, 0.6) is 0 Å². The topological polar surface area (TPSA) is 0 Å². The van der Waals surface area contributed by atoms with Gasteiger partial charge in [0.15, 0.2) is 17.4 Å². The normalized spacial score (nSPS) is 1.17. The Labute approximate surface area is 136 Å². The fraction of sp³-hybridized carbons (Fsp3) is 0. The molecule has 0 aromatic carbocycles. The van der Waals surface area contributed by atoms with Crippen molar-refractivity contribution in [2.24, 2.45) is 0 Å². The van der Waals surface area contributed by atoms with Crippen molar-refractivity contribution < 1.29 is 45.5 Å². The van der Waals surface area contributed by atoms with E-state index in [1.807, 2.05) is 0 Å². The fourth-order valence-corrected chi connectivity index (χ4v) is 0. The van der Waals surface area contributed by atoms with Crippen molar-refractivity contribution in [3.63, 3.8) is 0 Å². The fourth-order valence-electron chi connectivity index (χ4n) is 0. The summed E-state index contributed by atoms with van der Waals surface area (Å²) >= 11 is 2.14. The van der Waals surface area contributed by atoms with Crippen LogP contribution in [0, 0.1) is 0 Å². The van der Waals surface area contributed by atoms with Crippen LogP contribution in [-0.4, -0.2) is 94.0 Å². The van der Waals surface area contributed by atoms with Crippen molar-refractivity contribution in [3.05, 3.63) is 0 Å². The third-order valence-corrected chi connectivity index (χ3v) is 0. The third kappa shape index (κ3) is 23.5. The Morgan fingerprint density at radius 1 is 1.17 bits per heavy atom. The molecule has 0 atom stereocenters. The molecular weight excluding hydrogens is 260 g/mol. The average molecular weight is 270 g/mol. The predicted octanol–water partition coefficient (Wildman–Crippen LogP) is -4.21. The van der Waals surface area contributed by atoms with Crippen molar-refractivity contribution >= 4 is 94.0 Å². The Hall–Kier alpha value is 4.58. The van der Waals surface area contributed by atoms with Crippen molar-refractivity contribution in [2.75, 3.05) is 0 Å². The molecule has 0 aliphatic carbocycles. The van der Waals surface area contributed by atoms with E-state index in [-0.39, 0.29) is 112 Å². The van der Waals surface area contributed by atoms with Crippen molar-refractivity contribution in [1.29, 1.82) is 0 Å². The molecule has 0 aliphatic heterocycles. The number of hydrogen-bond acceptors (Lipinski definition) is 0. The van der Waals surface area contributed by atoms with Gasteiger partial charge in [-0.15, -0.1) is 0 Å². The van der Waals surface area contributed by atoms with E-state index in [0.717, 1.165) is 0 Å². The monoisotopic (exact) mass is 270 g/mol. The first kappa shape index (κ1) is 31.2. The molecule has 6 heavy (non-hydrogen) atoms. The van der Waals surface area contributed by atoms with Gasteiger partial charge in [-0.25, -0.2) is 0 Å². The molecule has 0 aromatic rings. The minimum absolute atomic E-state index is 0.